The monoisotopic (exact) mass is 308 g/mol. The maximum absolute atomic E-state index is 11.4. The fourth-order valence-corrected chi connectivity index (χ4v) is 1.37. The topological polar surface area (TPSA) is 112 Å². The first-order valence-corrected chi connectivity index (χ1v) is 6.83. The molecule has 0 aliphatic rings. The molecule has 0 fully saturated rings. The van der Waals surface area contributed by atoms with Crippen LogP contribution in [-0.4, -0.2) is 61.2 Å². The van der Waals surface area contributed by atoms with E-state index in [0.29, 0.717) is 0 Å². The molecule has 0 bridgehead atoms. The third kappa shape index (κ3) is 12.2. The van der Waals surface area contributed by atoms with Gasteiger partial charge in [-0.05, 0) is 20.3 Å². The number of rotatable bonds is 12. The molecule has 0 aliphatic carbocycles. The molecule has 0 aromatic heterocycles. The van der Waals surface area contributed by atoms with Gasteiger partial charge in [-0.3, -0.25) is 9.59 Å². The zero-order valence-corrected chi connectivity index (χ0v) is 12.4. The van der Waals surface area contributed by atoms with Crippen LogP contribution >= 0.6 is 0 Å². The molecule has 0 amide bonds. The molecule has 0 radical (unpaired) electrons. The standard InChI is InChI=1S/C13H24O8/c1-10(18-8-6-14)20-12(16)4-3-5-13(17)21-11(2)19-9-7-15/h10-11,14-15H,3-9H2,1-2H3. The first-order valence-electron chi connectivity index (χ1n) is 6.83. The van der Waals surface area contributed by atoms with Gasteiger partial charge in [-0.15, -0.1) is 0 Å². The van der Waals surface area contributed by atoms with Crippen LogP contribution in [0.5, 0.6) is 0 Å². The maximum Gasteiger partial charge on any atom is 0.308 e. The molecule has 0 spiro atoms. The third-order valence-corrected chi connectivity index (χ3v) is 2.24. The Morgan fingerprint density at radius 1 is 0.857 bits per heavy atom. The van der Waals surface area contributed by atoms with E-state index >= 15 is 0 Å². The van der Waals surface area contributed by atoms with E-state index < -0.39 is 24.5 Å². The highest BCUT2D eigenvalue weighted by molar-refractivity contribution is 5.72. The number of carbonyl (C=O) groups excluding carboxylic acids is 2. The summed E-state index contributed by atoms with van der Waals surface area (Å²) in [5, 5.41) is 17.1. The van der Waals surface area contributed by atoms with Gasteiger partial charge in [-0.2, -0.15) is 0 Å². The first-order chi connectivity index (χ1) is 9.99. The van der Waals surface area contributed by atoms with E-state index in [2.05, 4.69) is 0 Å². The number of carbonyl (C=O) groups is 2. The van der Waals surface area contributed by atoms with E-state index in [9.17, 15) is 9.59 Å². The van der Waals surface area contributed by atoms with Crippen molar-refractivity contribution in [1.82, 2.24) is 0 Å². The van der Waals surface area contributed by atoms with Gasteiger partial charge in [0.2, 0.25) is 0 Å². The maximum atomic E-state index is 11.4. The van der Waals surface area contributed by atoms with Crippen molar-refractivity contribution >= 4 is 11.9 Å². The van der Waals surface area contributed by atoms with Crippen LogP contribution in [-0.2, 0) is 28.5 Å². The molecule has 8 heteroatoms. The van der Waals surface area contributed by atoms with Gasteiger partial charge >= 0.3 is 11.9 Å². The molecule has 0 rings (SSSR count). The molecule has 0 aromatic carbocycles. The minimum atomic E-state index is -0.733. The number of hydrogen-bond donors (Lipinski definition) is 2. The lowest BCUT2D eigenvalue weighted by molar-refractivity contribution is -0.177. The molecule has 0 aliphatic heterocycles. The largest absolute Gasteiger partial charge is 0.436 e. The van der Waals surface area contributed by atoms with Gasteiger partial charge in [0, 0.05) is 12.8 Å². The van der Waals surface area contributed by atoms with Gasteiger partial charge in [0.1, 0.15) is 0 Å². The van der Waals surface area contributed by atoms with Crippen molar-refractivity contribution in [3.05, 3.63) is 0 Å². The smallest absolute Gasteiger partial charge is 0.308 e. The van der Waals surface area contributed by atoms with Crippen LogP contribution in [0.4, 0.5) is 0 Å². The van der Waals surface area contributed by atoms with Crippen LogP contribution in [0.15, 0.2) is 0 Å². The Balaban J connectivity index is 3.68. The van der Waals surface area contributed by atoms with Gasteiger partial charge in [0.15, 0.2) is 12.6 Å². The summed E-state index contributed by atoms with van der Waals surface area (Å²) in [6.45, 7) is 2.97. The van der Waals surface area contributed by atoms with Gasteiger partial charge in [-0.25, -0.2) is 0 Å². The number of hydrogen-bond acceptors (Lipinski definition) is 8. The lowest BCUT2D eigenvalue weighted by Gasteiger charge is -2.14. The summed E-state index contributed by atoms with van der Waals surface area (Å²) in [6, 6.07) is 0. The van der Waals surface area contributed by atoms with Crippen molar-refractivity contribution in [3.63, 3.8) is 0 Å². The van der Waals surface area contributed by atoms with Crippen molar-refractivity contribution in [1.29, 1.82) is 0 Å². The van der Waals surface area contributed by atoms with Gasteiger partial charge < -0.3 is 29.2 Å². The predicted molar refractivity (Wildman–Crippen MR) is 71.0 cm³/mol. The summed E-state index contributed by atoms with van der Waals surface area (Å²) in [5.41, 5.74) is 0. The normalized spacial score (nSPS) is 13.5. The molecule has 8 nitrogen and oxygen atoms in total. The highest BCUT2D eigenvalue weighted by atomic mass is 16.7. The second kappa shape index (κ2) is 12.5. The van der Waals surface area contributed by atoms with E-state index in [-0.39, 0.29) is 45.7 Å². The zero-order valence-electron chi connectivity index (χ0n) is 12.4. The summed E-state index contributed by atoms with van der Waals surface area (Å²) >= 11 is 0. The molecule has 0 saturated heterocycles. The number of aliphatic hydroxyl groups is 2. The summed E-state index contributed by atoms with van der Waals surface area (Å²) < 4.78 is 19.7. The Hall–Kier alpha value is -1.22. The third-order valence-electron chi connectivity index (χ3n) is 2.24. The van der Waals surface area contributed by atoms with E-state index in [0.717, 1.165) is 0 Å². The fourth-order valence-electron chi connectivity index (χ4n) is 1.37. The lowest BCUT2D eigenvalue weighted by Crippen LogP contribution is -2.21. The van der Waals surface area contributed by atoms with Gasteiger partial charge in [-0.1, -0.05) is 0 Å². The zero-order chi connectivity index (χ0) is 16.1. The molecular formula is C13H24O8. The number of aliphatic hydroxyl groups excluding tert-OH is 2. The van der Waals surface area contributed by atoms with Crippen LogP contribution in [0, 0.1) is 0 Å². The highest BCUT2D eigenvalue weighted by Gasteiger charge is 2.13. The van der Waals surface area contributed by atoms with E-state index in [1.165, 1.54) is 0 Å². The molecule has 0 saturated carbocycles. The van der Waals surface area contributed by atoms with Gasteiger partial charge in [0.05, 0.1) is 26.4 Å². The minimum Gasteiger partial charge on any atom is -0.436 e. The second-order valence-corrected chi connectivity index (χ2v) is 4.16. The van der Waals surface area contributed by atoms with E-state index in [1.54, 1.807) is 13.8 Å². The molecule has 2 unspecified atom stereocenters. The van der Waals surface area contributed by atoms with Crippen LogP contribution in [0.2, 0.25) is 0 Å². The Morgan fingerprint density at radius 2 is 1.24 bits per heavy atom. The van der Waals surface area contributed by atoms with Crippen molar-refractivity contribution in [3.8, 4) is 0 Å². The minimum absolute atomic E-state index is 0.0633. The fraction of sp³-hybridized carbons (Fsp3) is 0.846. The van der Waals surface area contributed by atoms with Gasteiger partial charge in [0.25, 0.3) is 0 Å². The Morgan fingerprint density at radius 3 is 1.57 bits per heavy atom. The van der Waals surface area contributed by atoms with Crippen molar-refractivity contribution < 1.29 is 38.7 Å². The van der Waals surface area contributed by atoms with Crippen LogP contribution < -0.4 is 0 Å². The summed E-state index contributed by atoms with van der Waals surface area (Å²) in [6.07, 6.45) is -1.05. The van der Waals surface area contributed by atoms with Crippen LogP contribution in [0.3, 0.4) is 0 Å². The van der Waals surface area contributed by atoms with Crippen molar-refractivity contribution in [2.75, 3.05) is 26.4 Å². The summed E-state index contributed by atoms with van der Waals surface area (Å²) in [5.74, 6) is -0.976. The average molecular weight is 308 g/mol. The Bertz CT molecular complexity index is 266. The molecule has 21 heavy (non-hydrogen) atoms. The van der Waals surface area contributed by atoms with Crippen molar-refractivity contribution in [2.45, 2.75) is 45.7 Å². The molecule has 0 heterocycles. The lowest BCUT2D eigenvalue weighted by atomic mass is 10.2. The highest BCUT2D eigenvalue weighted by Crippen LogP contribution is 2.04. The van der Waals surface area contributed by atoms with E-state index in [4.69, 9.17) is 29.2 Å². The molecular weight excluding hydrogens is 284 g/mol. The summed E-state index contributed by atoms with van der Waals surface area (Å²) in [4.78, 5) is 22.8. The van der Waals surface area contributed by atoms with Crippen LogP contribution in [0.1, 0.15) is 33.1 Å². The predicted octanol–water partition coefficient (Wildman–Crippen LogP) is -0.0471. The van der Waals surface area contributed by atoms with Crippen molar-refractivity contribution in [2.24, 2.45) is 0 Å². The average Bonchev–Trinajstić information content (AvgIpc) is 2.42. The van der Waals surface area contributed by atoms with Crippen LogP contribution in [0.25, 0.3) is 0 Å². The Labute approximate surface area is 123 Å². The Kier molecular flexibility index (Phi) is 11.8. The summed E-state index contributed by atoms with van der Waals surface area (Å²) in [7, 11) is 0. The quantitative estimate of drug-likeness (QED) is 0.381. The first kappa shape index (κ1) is 19.8. The molecule has 2 atom stereocenters. The second-order valence-electron chi connectivity index (χ2n) is 4.16. The SMILES string of the molecule is CC(OCCO)OC(=O)CCCC(=O)OC(C)OCCO. The number of esters is 2. The molecule has 124 valence electrons. The molecule has 0 aromatic rings. The number of ether oxygens (including phenoxy) is 4. The molecule has 2 N–H and O–H groups in total. The van der Waals surface area contributed by atoms with E-state index in [1.807, 2.05) is 0 Å².